The van der Waals surface area contributed by atoms with Crippen LogP contribution in [0.15, 0.2) is 65.9 Å². The van der Waals surface area contributed by atoms with E-state index in [4.69, 9.17) is 11.6 Å². The Labute approximate surface area is 174 Å². The molecule has 5 nitrogen and oxygen atoms in total. The minimum absolute atomic E-state index is 0.144. The molecular weight excluding hydrogens is 388 g/mol. The van der Waals surface area contributed by atoms with E-state index in [9.17, 15) is 15.1 Å². The highest BCUT2D eigenvalue weighted by molar-refractivity contribution is 6.30. The molecule has 0 aliphatic heterocycles. The van der Waals surface area contributed by atoms with Crippen molar-refractivity contribution in [2.45, 2.75) is 26.2 Å². The topological polar surface area (TPSA) is 82.8 Å². The number of aryl methyl sites for hydroxylation is 2. The maximum absolute atomic E-state index is 11.2. The van der Waals surface area contributed by atoms with Crippen molar-refractivity contribution in [3.05, 3.63) is 99.3 Å². The van der Waals surface area contributed by atoms with Gasteiger partial charge in [-0.25, -0.2) is 4.79 Å². The summed E-state index contributed by atoms with van der Waals surface area (Å²) in [4.78, 5) is 15.4. The molecule has 0 aliphatic rings. The number of carboxylic acid groups (broad SMARTS) is 1. The number of rotatable bonds is 6. The standard InChI is InChI=1S/C23H21ClN2O3/c1-14-11-19(24)7-8-20(14)21(16-3-5-17(6-4-16)23(27)28)13-22(26-29)18-9-10-25-15(2)12-18/h3-12,21,29H,13H2,1-2H3,(H,27,28)/b26-22-/t21-/m0/s1. The second-order valence-electron chi connectivity index (χ2n) is 6.92. The third-order valence-corrected chi connectivity index (χ3v) is 5.15. The number of hydrogen-bond acceptors (Lipinski definition) is 4. The number of hydrogen-bond donors (Lipinski definition) is 2. The van der Waals surface area contributed by atoms with Gasteiger partial charge in [-0.1, -0.05) is 35.0 Å². The van der Waals surface area contributed by atoms with Crippen LogP contribution in [0.5, 0.6) is 0 Å². The van der Waals surface area contributed by atoms with Crippen LogP contribution in [0.25, 0.3) is 0 Å². The number of pyridine rings is 1. The summed E-state index contributed by atoms with van der Waals surface area (Å²) in [5.74, 6) is -1.12. The minimum atomic E-state index is -0.972. The monoisotopic (exact) mass is 408 g/mol. The third kappa shape index (κ3) is 4.81. The number of aromatic carboxylic acids is 1. The van der Waals surface area contributed by atoms with Crippen molar-refractivity contribution >= 4 is 23.3 Å². The fourth-order valence-electron chi connectivity index (χ4n) is 3.43. The first-order chi connectivity index (χ1) is 13.9. The van der Waals surface area contributed by atoms with E-state index in [1.54, 1.807) is 36.5 Å². The van der Waals surface area contributed by atoms with Crippen molar-refractivity contribution in [1.29, 1.82) is 0 Å². The number of carboxylic acids is 1. The lowest BCUT2D eigenvalue weighted by molar-refractivity contribution is 0.0697. The average Bonchev–Trinajstić information content (AvgIpc) is 2.70. The van der Waals surface area contributed by atoms with Gasteiger partial charge < -0.3 is 10.3 Å². The van der Waals surface area contributed by atoms with Gasteiger partial charge >= 0.3 is 5.97 Å². The van der Waals surface area contributed by atoms with E-state index in [0.717, 1.165) is 27.9 Å². The lowest BCUT2D eigenvalue weighted by atomic mass is 9.83. The second kappa shape index (κ2) is 8.88. The van der Waals surface area contributed by atoms with E-state index < -0.39 is 5.97 Å². The van der Waals surface area contributed by atoms with Crippen molar-refractivity contribution in [3.8, 4) is 0 Å². The van der Waals surface area contributed by atoms with Gasteiger partial charge in [-0.2, -0.15) is 0 Å². The summed E-state index contributed by atoms with van der Waals surface area (Å²) in [6.45, 7) is 3.86. The zero-order valence-electron chi connectivity index (χ0n) is 16.1. The smallest absolute Gasteiger partial charge is 0.335 e. The molecule has 2 aromatic carbocycles. The van der Waals surface area contributed by atoms with E-state index in [2.05, 4.69) is 10.1 Å². The molecule has 2 N–H and O–H groups in total. The zero-order valence-corrected chi connectivity index (χ0v) is 16.9. The molecule has 29 heavy (non-hydrogen) atoms. The molecule has 0 aliphatic carbocycles. The molecule has 3 rings (SSSR count). The number of nitrogens with zero attached hydrogens (tertiary/aromatic N) is 2. The Bertz CT molecular complexity index is 1060. The van der Waals surface area contributed by atoms with Gasteiger partial charge in [-0.15, -0.1) is 0 Å². The Hall–Kier alpha value is -3.18. The van der Waals surface area contributed by atoms with Gasteiger partial charge in [-0.05, 0) is 66.9 Å². The number of halogens is 1. The Balaban J connectivity index is 2.05. The number of aromatic nitrogens is 1. The van der Waals surface area contributed by atoms with Crippen LogP contribution in [0.2, 0.25) is 5.02 Å². The first kappa shape index (κ1) is 20.6. The molecular formula is C23H21ClN2O3. The number of carbonyl (C=O) groups is 1. The summed E-state index contributed by atoms with van der Waals surface area (Å²) in [6.07, 6.45) is 2.11. The summed E-state index contributed by atoms with van der Waals surface area (Å²) in [7, 11) is 0. The lowest BCUT2D eigenvalue weighted by Gasteiger charge is -2.21. The first-order valence-electron chi connectivity index (χ1n) is 9.12. The maximum atomic E-state index is 11.2. The van der Waals surface area contributed by atoms with E-state index in [-0.39, 0.29) is 11.5 Å². The summed E-state index contributed by atoms with van der Waals surface area (Å²) < 4.78 is 0. The van der Waals surface area contributed by atoms with E-state index in [1.165, 1.54) is 0 Å². The van der Waals surface area contributed by atoms with Crippen molar-refractivity contribution in [3.63, 3.8) is 0 Å². The fraction of sp³-hybridized carbons (Fsp3) is 0.174. The first-order valence-corrected chi connectivity index (χ1v) is 9.50. The number of oxime groups is 1. The van der Waals surface area contributed by atoms with Crippen LogP contribution < -0.4 is 0 Å². The molecule has 148 valence electrons. The molecule has 0 bridgehead atoms. The molecule has 0 radical (unpaired) electrons. The van der Waals surface area contributed by atoms with Gasteiger partial charge in [0.05, 0.1) is 11.3 Å². The van der Waals surface area contributed by atoms with Gasteiger partial charge in [-0.3, -0.25) is 4.98 Å². The largest absolute Gasteiger partial charge is 0.478 e. The van der Waals surface area contributed by atoms with Gasteiger partial charge in [0.15, 0.2) is 0 Å². The molecule has 1 aromatic heterocycles. The van der Waals surface area contributed by atoms with Crippen LogP contribution in [0.1, 0.15) is 50.6 Å². The van der Waals surface area contributed by atoms with Crippen molar-refractivity contribution in [2.24, 2.45) is 5.16 Å². The molecule has 0 fully saturated rings. The highest BCUT2D eigenvalue weighted by Gasteiger charge is 2.21. The van der Waals surface area contributed by atoms with Crippen LogP contribution in [0.3, 0.4) is 0 Å². The lowest BCUT2D eigenvalue weighted by Crippen LogP contribution is -2.12. The highest BCUT2D eigenvalue weighted by Crippen LogP contribution is 2.33. The van der Waals surface area contributed by atoms with Crippen molar-refractivity contribution in [1.82, 2.24) is 4.98 Å². The fourth-order valence-corrected chi connectivity index (χ4v) is 3.66. The highest BCUT2D eigenvalue weighted by atomic mass is 35.5. The molecule has 0 spiro atoms. The normalized spacial score (nSPS) is 12.6. The summed E-state index contributed by atoms with van der Waals surface area (Å²) >= 11 is 6.13. The predicted octanol–water partition coefficient (Wildman–Crippen LogP) is 5.45. The van der Waals surface area contributed by atoms with Crippen molar-refractivity contribution < 1.29 is 15.1 Å². The Morgan fingerprint density at radius 2 is 1.79 bits per heavy atom. The molecule has 1 heterocycles. The van der Waals surface area contributed by atoms with Crippen LogP contribution in [0, 0.1) is 13.8 Å². The van der Waals surface area contributed by atoms with Gasteiger partial charge in [0.2, 0.25) is 0 Å². The summed E-state index contributed by atoms with van der Waals surface area (Å²) in [5, 5.41) is 23.1. The van der Waals surface area contributed by atoms with Gasteiger partial charge in [0.1, 0.15) is 0 Å². The van der Waals surface area contributed by atoms with Crippen LogP contribution in [-0.2, 0) is 0 Å². The zero-order chi connectivity index (χ0) is 21.0. The average molecular weight is 409 g/mol. The molecule has 1 atom stereocenters. The SMILES string of the molecule is Cc1cc(/C(C[C@@H](c2ccc(C(=O)O)cc2)c2ccc(Cl)cc2C)=N\O)ccn1. The quantitative estimate of drug-likeness (QED) is 0.322. The summed E-state index contributed by atoms with van der Waals surface area (Å²) in [6, 6.07) is 16.1. The Morgan fingerprint density at radius 1 is 1.07 bits per heavy atom. The third-order valence-electron chi connectivity index (χ3n) is 4.92. The van der Waals surface area contributed by atoms with Crippen LogP contribution >= 0.6 is 11.6 Å². The Kier molecular flexibility index (Phi) is 6.29. The molecule has 3 aromatic rings. The minimum Gasteiger partial charge on any atom is -0.478 e. The van der Waals surface area contributed by atoms with E-state index in [1.807, 2.05) is 38.1 Å². The van der Waals surface area contributed by atoms with Gasteiger partial charge in [0.25, 0.3) is 0 Å². The molecule has 6 heteroatoms. The van der Waals surface area contributed by atoms with Crippen LogP contribution in [0.4, 0.5) is 0 Å². The number of benzene rings is 2. The molecule has 0 saturated heterocycles. The Morgan fingerprint density at radius 3 is 2.38 bits per heavy atom. The van der Waals surface area contributed by atoms with E-state index >= 15 is 0 Å². The molecule has 0 amide bonds. The predicted molar refractivity (Wildman–Crippen MR) is 113 cm³/mol. The van der Waals surface area contributed by atoms with Crippen LogP contribution in [-0.4, -0.2) is 27.0 Å². The molecule has 0 saturated carbocycles. The van der Waals surface area contributed by atoms with E-state index in [0.29, 0.717) is 17.2 Å². The maximum Gasteiger partial charge on any atom is 0.335 e. The molecule has 0 unspecified atom stereocenters. The van der Waals surface area contributed by atoms with Gasteiger partial charge in [0, 0.05) is 34.8 Å². The summed E-state index contributed by atoms with van der Waals surface area (Å²) in [5.41, 5.74) is 5.33. The second-order valence-corrected chi connectivity index (χ2v) is 7.35. The van der Waals surface area contributed by atoms with Crippen molar-refractivity contribution in [2.75, 3.05) is 0 Å².